The van der Waals surface area contributed by atoms with Crippen LogP contribution in [0.1, 0.15) is 17.2 Å². The third-order valence-electron chi connectivity index (χ3n) is 4.65. The average Bonchev–Trinajstić information content (AvgIpc) is 2.69. The van der Waals surface area contributed by atoms with Crippen molar-refractivity contribution in [2.75, 3.05) is 5.32 Å². The van der Waals surface area contributed by atoms with Crippen molar-refractivity contribution < 1.29 is 0 Å². The predicted molar refractivity (Wildman–Crippen MR) is 109 cm³/mol. The lowest BCUT2D eigenvalue weighted by molar-refractivity contribution is 0.601. The van der Waals surface area contributed by atoms with Crippen LogP contribution < -0.4 is 5.32 Å². The first kappa shape index (κ1) is 17.0. The van der Waals surface area contributed by atoms with E-state index in [2.05, 4.69) is 35.7 Å². The summed E-state index contributed by atoms with van der Waals surface area (Å²) < 4.78 is -0.649. The van der Waals surface area contributed by atoms with E-state index in [0.29, 0.717) is 11.4 Å². The van der Waals surface area contributed by atoms with Crippen LogP contribution >= 0.6 is 23.4 Å². The topological polar surface area (TPSA) is 35.8 Å². The summed E-state index contributed by atoms with van der Waals surface area (Å²) in [5.41, 5.74) is 3.28. The molecule has 0 radical (unpaired) electrons. The number of hydrogen-bond acceptors (Lipinski definition) is 3. The summed E-state index contributed by atoms with van der Waals surface area (Å²) in [5, 5.41) is 14.6. The van der Waals surface area contributed by atoms with Crippen molar-refractivity contribution in [3.05, 3.63) is 95.0 Å². The van der Waals surface area contributed by atoms with Crippen LogP contribution in [0.4, 0.5) is 5.69 Å². The van der Waals surface area contributed by atoms with Gasteiger partial charge in [0.1, 0.15) is 4.75 Å². The minimum absolute atomic E-state index is 0.134. The molecule has 3 aromatic carbocycles. The smallest absolute Gasteiger partial charge is 0.135 e. The van der Waals surface area contributed by atoms with E-state index in [9.17, 15) is 5.26 Å². The molecule has 0 saturated heterocycles. The van der Waals surface area contributed by atoms with Gasteiger partial charge in [-0.3, -0.25) is 0 Å². The molecule has 0 saturated carbocycles. The number of nitriles is 1. The van der Waals surface area contributed by atoms with Gasteiger partial charge in [0.25, 0.3) is 0 Å². The fraction of sp³-hybridized carbons (Fsp3) is 0.136. The van der Waals surface area contributed by atoms with Gasteiger partial charge in [-0.05, 0) is 35.4 Å². The normalized spacial score (nSPS) is 21.3. The van der Waals surface area contributed by atoms with Gasteiger partial charge >= 0.3 is 0 Å². The Labute approximate surface area is 162 Å². The van der Waals surface area contributed by atoms with E-state index >= 15 is 0 Å². The van der Waals surface area contributed by atoms with Crippen LogP contribution in [0.5, 0.6) is 0 Å². The molecule has 0 aliphatic carbocycles. The first-order valence-corrected chi connectivity index (χ1v) is 9.65. The molecule has 0 spiro atoms. The number of hydrogen-bond donors (Lipinski definition) is 1. The van der Waals surface area contributed by atoms with Gasteiger partial charge in [-0.25, -0.2) is 0 Å². The molecule has 1 aliphatic rings. The van der Waals surface area contributed by atoms with Crippen LogP contribution in [0.25, 0.3) is 0 Å². The highest BCUT2D eigenvalue weighted by atomic mass is 35.5. The summed E-state index contributed by atoms with van der Waals surface area (Å²) in [7, 11) is 0. The van der Waals surface area contributed by atoms with E-state index in [1.165, 1.54) is 0 Å². The zero-order valence-corrected chi connectivity index (χ0v) is 15.6. The number of nitrogens with zero attached hydrogens (tertiary/aromatic N) is 1. The molecular formula is C22H17ClN2S. The summed E-state index contributed by atoms with van der Waals surface area (Å²) >= 11 is 7.73. The van der Waals surface area contributed by atoms with Gasteiger partial charge < -0.3 is 5.32 Å². The van der Waals surface area contributed by atoms with Crippen molar-refractivity contribution in [1.82, 2.24) is 0 Å². The maximum atomic E-state index is 10.3. The Balaban J connectivity index is 1.81. The number of halogens is 1. The molecule has 128 valence electrons. The summed E-state index contributed by atoms with van der Waals surface area (Å²) in [6.07, 6.45) is 0.656. The van der Waals surface area contributed by atoms with E-state index in [-0.39, 0.29) is 6.04 Å². The molecule has 2 nitrogen and oxygen atoms in total. The molecule has 4 heteroatoms. The van der Waals surface area contributed by atoms with E-state index in [0.717, 1.165) is 21.7 Å². The third-order valence-corrected chi connectivity index (χ3v) is 6.31. The summed E-state index contributed by atoms with van der Waals surface area (Å²) in [4.78, 5) is 1.11. The molecule has 1 aliphatic heterocycles. The van der Waals surface area contributed by atoms with Crippen molar-refractivity contribution in [1.29, 1.82) is 5.26 Å². The number of anilines is 1. The van der Waals surface area contributed by atoms with Crippen molar-refractivity contribution in [2.45, 2.75) is 22.1 Å². The highest BCUT2D eigenvalue weighted by molar-refractivity contribution is 8.01. The lowest BCUT2D eigenvalue weighted by Crippen LogP contribution is -2.41. The second kappa shape index (κ2) is 7.07. The quantitative estimate of drug-likeness (QED) is 0.599. The monoisotopic (exact) mass is 376 g/mol. The second-order valence-corrected chi connectivity index (χ2v) is 8.20. The van der Waals surface area contributed by atoms with Gasteiger partial charge in [-0.15, -0.1) is 0 Å². The number of para-hydroxylation sites is 1. The van der Waals surface area contributed by atoms with E-state index < -0.39 is 4.75 Å². The van der Waals surface area contributed by atoms with Crippen LogP contribution in [0.2, 0.25) is 5.02 Å². The van der Waals surface area contributed by atoms with Gasteiger partial charge in [0.05, 0.1) is 12.1 Å². The summed E-state index contributed by atoms with van der Waals surface area (Å²) in [5.74, 6) is 0. The second-order valence-electron chi connectivity index (χ2n) is 6.39. The SMILES string of the molecule is N#CC1(Cc2ccccc2)Sc2ccccc2NC1c1ccc(Cl)cc1. The Morgan fingerprint density at radius 3 is 2.38 bits per heavy atom. The van der Waals surface area contributed by atoms with Crippen LogP contribution in [0.15, 0.2) is 83.8 Å². The van der Waals surface area contributed by atoms with Crippen LogP contribution in [0, 0.1) is 11.3 Å². The minimum Gasteiger partial charge on any atom is -0.375 e. The number of rotatable bonds is 3. The standard InChI is InChI=1S/C22H17ClN2S/c23-18-12-10-17(11-13-18)21-22(15-24,14-16-6-2-1-3-7-16)26-20-9-5-4-8-19(20)25-21/h1-13,21,25H,14H2. The number of thioether (sulfide) groups is 1. The number of fused-ring (bicyclic) bond motifs is 1. The lowest BCUT2D eigenvalue weighted by Gasteiger charge is -2.40. The zero-order valence-electron chi connectivity index (χ0n) is 14.0. The molecule has 0 fully saturated rings. The molecule has 2 unspecified atom stereocenters. The third kappa shape index (κ3) is 3.19. The predicted octanol–water partition coefficient (Wildman–Crippen LogP) is 6.10. The molecule has 0 amide bonds. The van der Waals surface area contributed by atoms with Crippen molar-refractivity contribution >= 4 is 29.1 Å². The average molecular weight is 377 g/mol. The van der Waals surface area contributed by atoms with Gasteiger partial charge in [0.15, 0.2) is 0 Å². The number of benzene rings is 3. The Kier molecular flexibility index (Phi) is 4.63. The molecule has 1 heterocycles. The van der Waals surface area contributed by atoms with Gasteiger partial charge in [0.2, 0.25) is 0 Å². The summed E-state index contributed by atoms with van der Waals surface area (Å²) in [6.45, 7) is 0. The Bertz CT molecular complexity index is 950. The maximum absolute atomic E-state index is 10.3. The van der Waals surface area contributed by atoms with E-state index in [4.69, 9.17) is 11.6 Å². The van der Waals surface area contributed by atoms with Crippen molar-refractivity contribution in [3.8, 4) is 6.07 Å². The van der Waals surface area contributed by atoms with Crippen LogP contribution in [-0.2, 0) is 6.42 Å². The van der Waals surface area contributed by atoms with Gasteiger partial charge in [0, 0.05) is 22.0 Å². The zero-order chi connectivity index (χ0) is 18.0. The Hall–Kier alpha value is -2.41. The van der Waals surface area contributed by atoms with E-state index in [1.807, 2.05) is 54.6 Å². The molecular weight excluding hydrogens is 360 g/mol. The summed E-state index contributed by atoms with van der Waals surface area (Å²) in [6, 6.07) is 28.7. The van der Waals surface area contributed by atoms with E-state index in [1.54, 1.807) is 11.8 Å². The van der Waals surface area contributed by atoms with Crippen LogP contribution in [-0.4, -0.2) is 4.75 Å². The number of nitrogens with one attached hydrogen (secondary N) is 1. The molecule has 0 bridgehead atoms. The highest BCUT2D eigenvalue weighted by Crippen LogP contribution is 2.52. The molecule has 26 heavy (non-hydrogen) atoms. The molecule has 3 aromatic rings. The molecule has 1 N–H and O–H groups in total. The minimum atomic E-state index is -0.649. The van der Waals surface area contributed by atoms with Crippen LogP contribution in [0.3, 0.4) is 0 Å². The largest absolute Gasteiger partial charge is 0.375 e. The molecule has 0 aromatic heterocycles. The Morgan fingerprint density at radius 2 is 1.65 bits per heavy atom. The van der Waals surface area contributed by atoms with Crippen molar-refractivity contribution in [2.24, 2.45) is 0 Å². The van der Waals surface area contributed by atoms with Crippen molar-refractivity contribution in [3.63, 3.8) is 0 Å². The highest BCUT2D eigenvalue weighted by Gasteiger charge is 2.45. The van der Waals surface area contributed by atoms with Gasteiger partial charge in [-0.2, -0.15) is 5.26 Å². The Morgan fingerprint density at radius 1 is 0.962 bits per heavy atom. The first-order chi connectivity index (χ1) is 12.7. The molecule has 4 rings (SSSR count). The lowest BCUT2D eigenvalue weighted by atomic mass is 9.87. The molecule has 2 atom stereocenters. The first-order valence-electron chi connectivity index (χ1n) is 8.45. The fourth-order valence-electron chi connectivity index (χ4n) is 3.37. The maximum Gasteiger partial charge on any atom is 0.135 e. The fourth-order valence-corrected chi connectivity index (χ4v) is 4.87. The van der Waals surface area contributed by atoms with Gasteiger partial charge in [-0.1, -0.05) is 78.0 Å².